The van der Waals surface area contributed by atoms with E-state index in [1.165, 1.54) is 6.42 Å². The second-order valence-electron chi connectivity index (χ2n) is 7.88. The maximum absolute atomic E-state index is 12.5. The zero-order chi connectivity index (χ0) is 20.9. The van der Waals surface area contributed by atoms with Crippen molar-refractivity contribution in [3.05, 3.63) is 12.2 Å². The molecule has 0 radical (unpaired) electrons. The average molecular weight is 396 g/mol. The van der Waals surface area contributed by atoms with Gasteiger partial charge in [-0.25, -0.2) is 4.79 Å². The number of allylic oxidation sites excluding steroid dienone is 2. The highest BCUT2D eigenvalue weighted by Crippen LogP contribution is 2.32. The summed E-state index contributed by atoms with van der Waals surface area (Å²) in [7, 11) is 0. The first kappa shape index (κ1) is 24.2. The Kier molecular flexibility index (Phi) is 11.5. The molecule has 1 heterocycles. The smallest absolute Gasteiger partial charge is 0.329 e. The van der Waals surface area contributed by atoms with Gasteiger partial charge in [0.15, 0.2) is 0 Å². The summed E-state index contributed by atoms with van der Waals surface area (Å²) < 4.78 is 11.1. The van der Waals surface area contributed by atoms with Gasteiger partial charge >= 0.3 is 11.9 Å². The van der Waals surface area contributed by atoms with Gasteiger partial charge < -0.3 is 14.8 Å². The van der Waals surface area contributed by atoms with Crippen LogP contribution in [0.15, 0.2) is 12.2 Å². The van der Waals surface area contributed by atoms with Gasteiger partial charge in [-0.15, -0.1) is 0 Å². The van der Waals surface area contributed by atoms with Crippen LogP contribution in [0.5, 0.6) is 0 Å². The van der Waals surface area contributed by atoms with Crippen LogP contribution in [0.2, 0.25) is 0 Å². The van der Waals surface area contributed by atoms with Crippen LogP contribution in [0.3, 0.4) is 0 Å². The van der Waals surface area contributed by atoms with Crippen molar-refractivity contribution >= 4 is 18.3 Å². The van der Waals surface area contributed by atoms with E-state index in [-0.39, 0.29) is 30.0 Å². The fourth-order valence-electron chi connectivity index (χ4n) is 3.48. The fraction of sp³-hybridized carbons (Fsp3) is 0.773. The second kappa shape index (κ2) is 13.3. The predicted octanol–water partition coefficient (Wildman–Crippen LogP) is 3.93. The minimum Gasteiger partial charge on any atom is -0.461 e. The van der Waals surface area contributed by atoms with Crippen LogP contribution < -0.4 is 5.32 Å². The Morgan fingerprint density at radius 2 is 2.04 bits per heavy atom. The maximum atomic E-state index is 12.5. The van der Waals surface area contributed by atoms with Crippen molar-refractivity contribution in [3.8, 4) is 0 Å². The molecule has 1 N–H and O–H groups in total. The van der Waals surface area contributed by atoms with Crippen molar-refractivity contribution in [3.63, 3.8) is 0 Å². The molecule has 1 aliphatic rings. The van der Waals surface area contributed by atoms with Gasteiger partial charge in [-0.1, -0.05) is 58.6 Å². The van der Waals surface area contributed by atoms with Gasteiger partial charge in [0, 0.05) is 6.42 Å². The first-order valence-electron chi connectivity index (χ1n) is 10.7. The molecule has 28 heavy (non-hydrogen) atoms. The third-order valence-electron chi connectivity index (χ3n) is 5.22. The largest absolute Gasteiger partial charge is 0.461 e. The molecule has 4 atom stereocenters. The van der Waals surface area contributed by atoms with Gasteiger partial charge in [-0.05, 0) is 32.1 Å². The molecule has 0 aliphatic carbocycles. The van der Waals surface area contributed by atoms with E-state index in [0.29, 0.717) is 19.3 Å². The molecule has 0 spiro atoms. The van der Waals surface area contributed by atoms with Gasteiger partial charge in [0.05, 0.1) is 5.92 Å². The summed E-state index contributed by atoms with van der Waals surface area (Å²) >= 11 is 0. The van der Waals surface area contributed by atoms with E-state index in [1.807, 2.05) is 32.9 Å². The second-order valence-corrected chi connectivity index (χ2v) is 7.88. The number of ether oxygens (including phenoxy) is 2. The van der Waals surface area contributed by atoms with Crippen LogP contribution in [-0.2, 0) is 23.9 Å². The molecular weight excluding hydrogens is 358 g/mol. The molecule has 1 amide bonds. The van der Waals surface area contributed by atoms with Crippen LogP contribution in [0.1, 0.15) is 79.1 Å². The van der Waals surface area contributed by atoms with E-state index in [1.54, 1.807) is 0 Å². The molecule has 6 nitrogen and oxygen atoms in total. The lowest BCUT2D eigenvalue weighted by molar-refractivity contribution is -0.190. The van der Waals surface area contributed by atoms with Gasteiger partial charge in [0.25, 0.3) is 0 Å². The zero-order valence-corrected chi connectivity index (χ0v) is 17.8. The van der Waals surface area contributed by atoms with E-state index < -0.39 is 12.0 Å². The number of amides is 1. The van der Waals surface area contributed by atoms with Crippen molar-refractivity contribution in [2.24, 2.45) is 11.8 Å². The molecular formula is C22H37NO5. The molecule has 0 bridgehead atoms. The topological polar surface area (TPSA) is 81.7 Å². The van der Waals surface area contributed by atoms with Crippen LogP contribution in [0.4, 0.5) is 0 Å². The molecule has 1 fully saturated rings. The SMILES string of the molecule is CC=CCCC(C[C@H]1OC(=O)[C@H]1CCCCCC)OC(=O)C(NC=O)C(C)C. The van der Waals surface area contributed by atoms with Gasteiger partial charge in [-0.2, -0.15) is 0 Å². The maximum Gasteiger partial charge on any atom is 0.329 e. The Balaban J connectivity index is 2.66. The Labute approximate surface area is 169 Å². The average Bonchev–Trinajstić information content (AvgIpc) is 2.65. The molecule has 160 valence electrons. The van der Waals surface area contributed by atoms with Crippen molar-refractivity contribution < 1.29 is 23.9 Å². The molecule has 0 aromatic rings. The van der Waals surface area contributed by atoms with E-state index >= 15 is 0 Å². The zero-order valence-electron chi connectivity index (χ0n) is 17.8. The third kappa shape index (κ3) is 8.03. The first-order valence-corrected chi connectivity index (χ1v) is 10.7. The Hall–Kier alpha value is -1.85. The normalized spacial score (nSPS) is 21.1. The Morgan fingerprint density at radius 1 is 1.29 bits per heavy atom. The fourth-order valence-corrected chi connectivity index (χ4v) is 3.48. The monoisotopic (exact) mass is 395 g/mol. The number of hydrogen-bond donors (Lipinski definition) is 1. The van der Waals surface area contributed by atoms with Crippen molar-refractivity contribution in [2.75, 3.05) is 0 Å². The minimum atomic E-state index is -0.671. The van der Waals surface area contributed by atoms with Crippen LogP contribution in [0, 0.1) is 11.8 Å². The molecule has 0 saturated carbocycles. The number of carbonyl (C=O) groups is 3. The lowest BCUT2D eigenvalue weighted by atomic mass is 9.86. The first-order chi connectivity index (χ1) is 13.4. The summed E-state index contributed by atoms with van der Waals surface area (Å²) in [6, 6.07) is -0.671. The molecule has 1 aliphatic heterocycles. The van der Waals surface area contributed by atoms with Gasteiger partial charge in [0.2, 0.25) is 6.41 Å². The summed E-state index contributed by atoms with van der Waals surface area (Å²) in [4.78, 5) is 35.2. The number of rotatable bonds is 15. The van der Waals surface area contributed by atoms with Crippen LogP contribution in [-0.4, -0.2) is 36.6 Å². The summed E-state index contributed by atoms with van der Waals surface area (Å²) in [5.41, 5.74) is 0. The highest BCUT2D eigenvalue weighted by molar-refractivity contribution is 5.79. The number of carbonyl (C=O) groups excluding carboxylic acids is 3. The van der Waals surface area contributed by atoms with Crippen LogP contribution >= 0.6 is 0 Å². The molecule has 2 unspecified atom stereocenters. The number of nitrogens with one attached hydrogen (secondary N) is 1. The number of hydrogen-bond acceptors (Lipinski definition) is 5. The summed E-state index contributed by atoms with van der Waals surface area (Å²) in [5, 5.41) is 2.54. The van der Waals surface area contributed by atoms with E-state index in [4.69, 9.17) is 9.47 Å². The highest BCUT2D eigenvalue weighted by Gasteiger charge is 2.43. The molecule has 0 aromatic carbocycles. The summed E-state index contributed by atoms with van der Waals surface area (Å²) in [6.45, 7) is 7.83. The van der Waals surface area contributed by atoms with E-state index in [0.717, 1.165) is 32.1 Å². The van der Waals surface area contributed by atoms with E-state index in [2.05, 4.69) is 12.2 Å². The molecule has 6 heteroatoms. The van der Waals surface area contributed by atoms with E-state index in [9.17, 15) is 14.4 Å². The van der Waals surface area contributed by atoms with Gasteiger partial charge in [-0.3, -0.25) is 9.59 Å². The highest BCUT2D eigenvalue weighted by atomic mass is 16.6. The minimum absolute atomic E-state index is 0.0678. The summed E-state index contributed by atoms with van der Waals surface area (Å²) in [5.74, 6) is -0.726. The van der Waals surface area contributed by atoms with Crippen molar-refractivity contribution in [1.82, 2.24) is 5.32 Å². The lowest BCUT2D eigenvalue weighted by Gasteiger charge is -2.37. The quantitative estimate of drug-likeness (QED) is 0.197. The predicted molar refractivity (Wildman–Crippen MR) is 108 cm³/mol. The Bertz CT molecular complexity index is 517. The van der Waals surface area contributed by atoms with Crippen molar-refractivity contribution in [2.45, 2.75) is 97.3 Å². The van der Waals surface area contributed by atoms with Crippen molar-refractivity contribution in [1.29, 1.82) is 0 Å². The summed E-state index contributed by atoms with van der Waals surface area (Å²) in [6.07, 6.45) is 11.3. The number of unbranched alkanes of at least 4 members (excludes halogenated alkanes) is 3. The standard InChI is InChI=1S/C22H37NO5/c1-5-7-9-11-13-18-19(28-21(18)25)14-17(12-10-8-6-2)27-22(26)20(16(3)4)23-15-24/h6,8,15-20H,5,7,9-14H2,1-4H3,(H,23,24)/t17?,18-,19+,20?/m0/s1. The number of cyclic esters (lactones) is 1. The molecule has 1 saturated heterocycles. The Morgan fingerprint density at radius 3 is 2.61 bits per heavy atom. The number of esters is 2. The molecule has 1 rings (SSSR count). The molecule has 0 aromatic heterocycles. The third-order valence-corrected chi connectivity index (χ3v) is 5.22. The lowest BCUT2D eigenvalue weighted by Crippen LogP contribution is -2.48. The van der Waals surface area contributed by atoms with Crippen LogP contribution in [0.25, 0.3) is 0 Å². The van der Waals surface area contributed by atoms with Gasteiger partial charge in [0.1, 0.15) is 18.2 Å².